The molecular formula is C34H46OSi. The van der Waals surface area contributed by atoms with Gasteiger partial charge in [0, 0.05) is 6.61 Å². The van der Waals surface area contributed by atoms with Crippen LogP contribution >= 0.6 is 0 Å². The fraction of sp³-hybridized carbons (Fsp3) is 0.471. The quantitative estimate of drug-likeness (QED) is 0.206. The van der Waals surface area contributed by atoms with Crippen LogP contribution in [0.3, 0.4) is 0 Å². The van der Waals surface area contributed by atoms with Gasteiger partial charge in [0.25, 0.3) is 0 Å². The van der Waals surface area contributed by atoms with E-state index in [4.69, 9.17) is 0 Å². The summed E-state index contributed by atoms with van der Waals surface area (Å²) < 4.78 is 0. The van der Waals surface area contributed by atoms with Crippen molar-refractivity contribution in [1.29, 1.82) is 0 Å². The topological polar surface area (TPSA) is 20.2 Å². The van der Waals surface area contributed by atoms with Crippen LogP contribution in [-0.2, 0) is 0 Å². The summed E-state index contributed by atoms with van der Waals surface area (Å²) in [6.45, 7) is 7.40. The molecule has 36 heavy (non-hydrogen) atoms. The number of aliphatic hydroxyl groups excluding tert-OH is 1. The molecule has 4 rings (SSSR count). The molecule has 2 heteroatoms. The number of hydrogen-bond donors (Lipinski definition) is 1. The lowest BCUT2D eigenvalue weighted by atomic mass is 9.77. The lowest BCUT2D eigenvalue weighted by molar-refractivity contribution is 0.294. The van der Waals surface area contributed by atoms with Gasteiger partial charge in [0.15, 0.2) is 0 Å². The predicted molar refractivity (Wildman–Crippen MR) is 160 cm³/mol. The highest BCUT2D eigenvalue weighted by atomic mass is 28.3. The molecule has 0 atom stereocenters. The highest BCUT2D eigenvalue weighted by Gasteiger charge is 2.23. The van der Waals surface area contributed by atoms with Gasteiger partial charge >= 0.3 is 0 Å². The van der Waals surface area contributed by atoms with Gasteiger partial charge in [0.05, 0.1) is 8.07 Å². The first kappa shape index (κ1) is 26.9. The van der Waals surface area contributed by atoms with Crippen molar-refractivity contribution < 1.29 is 5.11 Å². The van der Waals surface area contributed by atoms with Crippen LogP contribution in [0.25, 0.3) is 22.3 Å². The molecule has 0 aliphatic heterocycles. The molecule has 0 saturated heterocycles. The first-order valence-electron chi connectivity index (χ1n) is 14.4. The van der Waals surface area contributed by atoms with Gasteiger partial charge in [-0.1, -0.05) is 130 Å². The van der Waals surface area contributed by atoms with Crippen LogP contribution in [0.4, 0.5) is 0 Å². The van der Waals surface area contributed by atoms with Crippen LogP contribution in [0.15, 0.2) is 72.8 Å². The van der Waals surface area contributed by atoms with E-state index >= 15 is 0 Å². The van der Waals surface area contributed by atoms with E-state index in [1.54, 1.807) is 0 Å². The van der Waals surface area contributed by atoms with E-state index in [1.165, 1.54) is 84.4 Å². The van der Waals surface area contributed by atoms with E-state index in [0.29, 0.717) is 6.61 Å². The second-order valence-electron chi connectivity index (χ2n) is 11.7. The molecule has 1 aliphatic rings. The lowest BCUT2D eigenvalue weighted by Crippen LogP contribution is -2.41. The smallest absolute Gasteiger partial charge is 0.0807 e. The van der Waals surface area contributed by atoms with E-state index in [9.17, 15) is 5.11 Å². The minimum Gasteiger partial charge on any atom is -0.396 e. The molecule has 1 aliphatic carbocycles. The molecule has 0 aromatic heterocycles. The number of rotatable bonds is 11. The van der Waals surface area contributed by atoms with Gasteiger partial charge in [-0.25, -0.2) is 0 Å². The van der Waals surface area contributed by atoms with E-state index in [0.717, 1.165) is 24.3 Å². The molecule has 1 nitrogen and oxygen atoms in total. The van der Waals surface area contributed by atoms with Crippen molar-refractivity contribution >= 4 is 13.3 Å². The zero-order valence-corrected chi connectivity index (χ0v) is 23.8. The molecular weight excluding hydrogens is 452 g/mol. The SMILES string of the molecule is CCCCCC1CCC(c2ccc(-c3ccc(-c4ccc([Si](C)(C)CCCO)cc4)cc3)cc2)CC1. The van der Waals surface area contributed by atoms with Crippen molar-refractivity contribution in [2.45, 2.75) is 89.8 Å². The van der Waals surface area contributed by atoms with Crippen molar-refractivity contribution in [3.05, 3.63) is 78.4 Å². The highest BCUT2D eigenvalue weighted by molar-refractivity contribution is 6.89. The third-order valence-corrected chi connectivity index (χ3v) is 12.1. The molecule has 1 N–H and O–H groups in total. The molecule has 3 aromatic rings. The maximum absolute atomic E-state index is 9.21. The highest BCUT2D eigenvalue weighted by Crippen LogP contribution is 2.38. The maximum Gasteiger partial charge on any atom is 0.0807 e. The van der Waals surface area contributed by atoms with E-state index < -0.39 is 8.07 Å². The van der Waals surface area contributed by atoms with Crippen LogP contribution < -0.4 is 5.19 Å². The first-order valence-corrected chi connectivity index (χ1v) is 17.6. The molecule has 1 saturated carbocycles. The van der Waals surface area contributed by atoms with E-state index in [1.807, 2.05) is 0 Å². The summed E-state index contributed by atoms with van der Waals surface area (Å²) in [5, 5.41) is 10.7. The molecule has 1 fully saturated rings. The van der Waals surface area contributed by atoms with Gasteiger partial charge in [0.2, 0.25) is 0 Å². The van der Waals surface area contributed by atoms with Crippen LogP contribution in [-0.4, -0.2) is 19.8 Å². The van der Waals surface area contributed by atoms with Crippen molar-refractivity contribution in [1.82, 2.24) is 0 Å². The number of hydrogen-bond acceptors (Lipinski definition) is 1. The number of aliphatic hydroxyl groups is 1. The Morgan fingerprint density at radius 1 is 0.667 bits per heavy atom. The maximum atomic E-state index is 9.21. The average molecular weight is 499 g/mol. The monoisotopic (exact) mass is 498 g/mol. The fourth-order valence-electron chi connectivity index (χ4n) is 6.05. The molecule has 0 radical (unpaired) electrons. The molecule has 0 spiro atoms. The van der Waals surface area contributed by atoms with Gasteiger partial charge < -0.3 is 5.11 Å². The zero-order chi connectivity index (χ0) is 25.4. The van der Waals surface area contributed by atoms with Crippen molar-refractivity contribution in [2.24, 2.45) is 5.92 Å². The first-order chi connectivity index (χ1) is 17.5. The molecule has 0 unspecified atom stereocenters. The van der Waals surface area contributed by atoms with Gasteiger partial charge in [-0.2, -0.15) is 0 Å². The molecule has 0 heterocycles. The largest absolute Gasteiger partial charge is 0.396 e. The summed E-state index contributed by atoms with van der Waals surface area (Å²) >= 11 is 0. The van der Waals surface area contributed by atoms with Crippen molar-refractivity contribution in [3.8, 4) is 22.3 Å². The van der Waals surface area contributed by atoms with Crippen LogP contribution in [0.2, 0.25) is 19.1 Å². The zero-order valence-electron chi connectivity index (χ0n) is 22.8. The fourth-order valence-corrected chi connectivity index (χ4v) is 8.45. The average Bonchev–Trinajstić information content (AvgIpc) is 2.93. The summed E-state index contributed by atoms with van der Waals surface area (Å²) in [4.78, 5) is 0. The summed E-state index contributed by atoms with van der Waals surface area (Å²) in [6, 6.07) is 28.7. The Hall–Kier alpha value is -2.16. The Morgan fingerprint density at radius 3 is 1.67 bits per heavy atom. The summed E-state index contributed by atoms with van der Waals surface area (Å²) in [5.41, 5.74) is 6.68. The normalized spacial score (nSPS) is 18.3. The Balaban J connectivity index is 1.35. The van der Waals surface area contributed by atoms with Gasteiger partial charge in [-0.05, 0) is 71.8 Å². The van der Waals surface area contributed by atoms with Gasteiger partial charge in [-0.15, -0.1) is 0 Å². The number of benzene rings is 3. The molecule has 192 valence electrons. The van der Waals surface area contributed by atoms with Crippen molar-refractivity contribution in [2.75, 3.05) is 6.61 Å². The summed E-state index contributed by atoms with van der Waals surface area (Å²) in [7, 11) is -1.47. The molecule has 3 aromatic carbocycles. The molecule has 0 bridgehead atoms. The Labute approximate surface area is 221 Å². The lowest BCUT2D eigenvalue weighted by Gasteiger charge is -2.29. The number of unbranched alkanes of at least 4 members (excludes halogenated alkanes) is 2. The second kappa shape index (κ2) is 12.9. The van der Waals surface area contributed by atoms with Crippen molar-refractivity contribution in [3.63, 3.8) is 0 Å². The second-order valence-corrected chi connectivity index (χ2v) is 16.5. The minimum atomic E-state index is -1.47. The van der Waals surface area contributed by atoms with Gasteiger partial charge in [0.1, 0.15) is 0 Å². The van der Waals surface area contributed by atoms with Crippen LogP contribution in [0.5, 0.6) is 0 Å². The predicted octanol–water partition coefficient (Wildman–Crippen LogP) is 9.17. The van der Waals surface area contributed by atoms with Crippen LogP contribution in [0.1, 0.15) is 76.2 Å². The van der Waals surface area contributed by atoms with E-state index in [2.05, 4.69) is 92.8 Å². The molecule has 0 amide bonds. The summed E-state index contributed by atoms with van der Waals surface area (Å²) in [5.74, 6) is 1.73. The van der Waals surface area contributed by atoms with Gasteiger partial charge in [-0.3, -0.25) is 0 Å². The standard InChI is InChI=1S/C34H46OSi/c1-4-5-6-8-27-9-11-28(12-10-27)29-13-15-30(16-14-29)31-17-19-32(20-18-31)33-21-23-34(24-22-33)36(2,3)26-7-25-35/h13-24,27-28,35H,4-12,25-26H2,1-3H3. The third-order valence-electron chi connectivity index (χ3n) is 8.62. The third kappa shape index (κ3) is 6.98. The van der Waals surface area contributed by atoms with Crippen LogP contribution in [0, 0.1) is 5.92 Å². The Bertz CT molecular complexity index is 1040. The van der Waals surface area contributed by atoms with E-state index in [-0.39, 0.29) is 0 Å². The minimum absolute atomic E-state index is 0.295. The Kier molecular flexibility index (Phi) is 9.62. The summed E-state index contributed by atoms with van der Waals surface area (Å²) in [6.07, 6.45) is 12.1. The Morgan fingerprint density at radius 2 is 1.17 bits per heavy atom.